The van der Waals surface area contributed by atoms with Gasteiger partial charge in [-0.2, -0.15) is 0 Å². The molecule has 3 atom stereocenters. The Kier molecular flexibility index (Phi) is 4.45. The Bertz CT molecular complexity index is 458. The highest BCUT2D eigenvalue weighted by Crippen LogP contribution is 2.30. The van der Waals surface area contributed by atoms with Crippen LogP contribution >= 0.6 is 0 Å². The highest BCUT2D eigenvalue weighted by molar-refractivity contribution is 5.45. The van der Waals surface area contributed by atoms with Crippen LogP contribution in [0.15, 0.2) is 18.3 Å². The summed E-state index contributed by atoms with van der Waals surface area (Å²) < 4.78 is 0. The first kappa shape index (κ1) is 14.8. The molecule has 3 rings (SSSR count). The minimum absolute atomic E-state index is 0.329. The maximum Gasteiger partial charge on any atom is 0.0572 e. The molecule has 4 heteroatoms. The van der Waals surface area contributed by atoms with E-state index >= 15 is 0 Å². The number of nitrogens with zero attached hydrogens (tertiary/aromatic N) is 3. The molecule has 0 amide bonds. The monoisotopic (exact) mass is 288 g/mol. The maximum absolute atomic E-state index is 4.67. The lowest BCUT2D eigenvalue weighted by Crippen LogP contribution is -2.36. The zero-order valence-electron chi connectivity index (χ0n) is 13.5. The van der Waals surface area contributed by atoms with E-state index < -0.39 is 0 Å². The number of pyridine rings is 1. The first-order chi connectivity index (χ1) is 10.2. The molecule has 0 aliphatic carbocycles. The van der Waals surface area contributed by atoms with E-state index in [9.17, 15) is 0 Å². The zero-order valence-corrected chi connectivity index (χ0v) is 13.5. The van der Waals surface area contributed by atoms with Gasteiger partial charge in [-0.3, -0.25) is 9.88 Å². The van der Waals surface area contributed by atoms with E-state index in [4.69, 9.17) is 0 Å². The second-order valence-corrected chi connectivity index (χ2v) is 6.51. The molecular formula is C17H28N4. The van der Waals surface area contributed by atoms with Crippen molar-refractivity contribution in [1.82, 2.24) is 15.2 Å². The van der Waals surface area contributed by atoms with E-state index in [1.807, 2.05) is 0 Å². The van der Waals surface area contributed by atoms with Crippen molar-refractivity contribution in [2.24, 2.45) is 0 Å². The van der Waals surface area contributed by atoms with Gasteiger partial charge in [-0.25, -0.2) is 0 Å². The molecular weight excluding hydrogens is 260 g/mol. The Balaban J connectivity index is 1.69. The summed E-state index contributed by atoms with van der Waals surface area (Å²) in [5.74, 6) is 0. The molecule has 3 unspecified atom stereocenters. The van der Waals surface area contributed by atoms with E-state index in [-0.39, 0.29) is 0 Å². The minimum Gasteiger partial charge on any atom is -0.369 e. The summed E-state index contributed by atoms with van der Waals surface area (Å²) in [4.78, 5) is 9.78. The molecule has 2 saturated heterocycles. The van der Waals surface area contributed by atoms with Gasteiger partial charge in [0.15, 0.2) is 0 Å². The lowest BCUT2D eigenvalue weighted by atomic mass is 10.1. The van der Waals surface area contributed by atoms with Gasteiger partial charge < -0.3 is 10.2 Å². The van der Waals surface area contributed by atoms with Crippen molar-refractivity contribution >= 4 is 5.69 Å². The number of rotatable bonds is 4. The van der Waals surface area contributed by atoms with Crippen LogP contribution in [0.25, 0.3) is 0 Å². The highest BCUT2D eigenvalue weighted by Gasteiger charge is 2.34. The fraction of sp³-hybridized carbons (Fsp3) is 0.706. The fourth-order valence-corrected chi connectivity index (χ4v) is 3.79. The topological polar surface area (TPSA) is 31.4 Å². The lowest BCUT2D eigenvalue weighted by Gasteiger charge is -2.27. The Labute approximate surface area is 128 Å². The molecule has 21 heavy (non-hydrogen) atoms. The van der Waals surface area contributed by atoms with E-state index in [0.717, 1.165) is 37.4 Å². The van der Waals surface area contributed by atoms with Crippen molar-refractivity contribution in [1.29, 1.82) is 0 Å². The quantitative estimate of drug-likeness (QED) is 0.922. The Morgan fingerprint density at radius 1 is 1.29 bits per heavy atom. The van der Waals surface area contributed by atoms with Crippen molar-refractivity contribution in [3.05, 3.63) is 24.0 Å². The number of likely N-dealkylation sites (N-methyl/N-ethyl adjacent to an activating group) is 1. The number of nitrogens with one attached hydrogen (secondary N) is 1. The smallest absolute Gasteiger partial charge is 0.0572 e. The molecule has 2 aliphatic rings. The molecule has 0 saturated carbocycles. The first-order valence-corrected chi connectivity index (χ1v) is 8.35. The third-order valence-electron chi connectivity index (χ3n) is 5.24. The third-order valence-corrected chi connectivity index (χ3v) is 5.24. The first-order valence-electron chi connectivity index (χ1n) is 8.35. The van der Waals surface area contributed by atoms with Crippen LogP contribution in [0.2, 0.25) is 0 Å². The summed E-state index contributed by atoms with van der Waals surface area (Å²) in [5, 5.41) is 3.42. The number of hydrogen-bond acceptors (Lipinski definition) is 4. The van der Waals surface area contributed by atoms with Crippen LogP contribution in [0.1, 0.15) is 44.8 Å². The van der Waals surface area contributed by atoms with Crippen LogP contribution in [0.4, 0.5) is 5.69 Å². The molecule has 2 bridgehead atoms. The number of anilines is 1. The van der Waals surface area contributed by atoms with E-state index in [1.54, 1.807) is 0 Å². The summed E-state index contributed by atoms with van der Waals surface area (Å²) in [5.41, 5.74) is 2.41. The maximum atomic E-state index is 4.67. The molecule has 0 radical (unpaired) electrons. The van der Waals surface area contributed by atoms with Gasteiger partial charge >= 0.3 is 0 Å². The molecule has 116 valence electrons. The van der Waals surface area contributed by atoms with Crippen molar-refractivity contribution in [2.75, 3.05) is 31.6 Å². The zero-order chi connectivity index (χ0) is 14.8. The minimum atomic E-state index is 0.329. The normalized spacial score (nSPS) is 27.7. The summed E-state index contributed by atoms with van der Waals surface area (Å²) >= 11 is 0. The molecule has 2 aliphatic heterocycles. The van der Waals surface area contributed by atoms with E-state index in [2.05, 4.69) is 59.3 Å². The molecule has 0 spiro atoms. The Morgan fingerprint density at radius 2 is 2.10 bits per heavy atom. The number of aromatic nitrogens is 1. The van der Waals surface area contributed by atoms with Gasteiger partial charge in [-0.1, -0.05) is 6.92 Å². The van der Waals surface area contributed by atoms with Crippen LogP contribution in [0.5, 0.6) is 0 Å². The largest absolute Gasteiger partial charge is 0.369 e. The standard InChI is InChI=1S/C17H28N4/c1-4-18-13(2)17-8-7-15(11-19-17)21-10-9-14-5-6-16(12-21)20(14)3/h7-8,11,13-14,16,18H,4-6,9-10,12H2,1-3H3. The number of hydrogen-bond donors (Lipinski definition) is 1. The van der Waals surface area contributed by atoms with E-state index in [0.29, 0.717) is 6.04 Å². The van der Waals surface area contributed by atoms with Gasteiger partial charge in [0, 0.05) is 31.2 Å². The Hall–Kier alpha value is -1.13. The van der Waals surface area contributed by atoms with Crippen LogP contribution in [-0.4, -0.2) is 48.6 Å². The molecule has 3 heterocycles. The average molecular weight is 288 g/mol. The second-order valence-electron chi connectivity index (χ2n) is 6.51. The van der Waals surface area contributed by atoms with Crippen molar-refractivity contribution in [2.45, 2.75) is 51.2 Å². The lowest BCUT2D eigenvalue weighted by molar-refractivity contribution is 0.254. The van der Waals surface area contributed by atoms with Gasteiger partial charge in [0.05, 0.1) is 17.6 Å². The predicted octanol–water partition coefficient (Wildman–Crippen LogP) is 2.43. The molecule has 1 N–H and O–H groups in total. The molecule has 0 aromatic carbocycles. The van der Waals surface area contributed by atoms with Crippen LogP contribution in [-0.2, 0) is 0 Å². The molecule has 1 aromatic rings. The van der Waals surface area contributed by atoms with Crippen LogP contribution in [0.3, 0.4) is 0 Å². The summed E-state index contributed by atoms with van der Waals surface area (Å²) in [6.07, 6.45) is 6.07. The summed E-state index contributed by atoms with van der Waals surface area (Å²) in [7, 11) is 2.30. The van der Waals surface area contributed by atoms with Crippen molar-refractivity contribution < 1.29 is 0 Å². The van der Waals surface area contributed by atoms with E-state index in [1.165, 1.54) is 24.9 Å². The second kappa shape index (κ2) is 6.32. The van der Waals surface area contributed by atoms with Crippen LogP contribution < -0.4 is 10.2 Å². The predicted molar refractivity (Wildman–Crippen MR) is 87.7 cm³/mol. The van der Waals surface area contributed by atoms with Crippen LogP contribution in [0, 0.1) is 0 Å². The molecule has 1 aromatic heterocycles. The van der Waals surface area contributed by atoms with Crippen molar-refractivity contribution in [3.8, 4) is 0 Å². The third kappa shape index (κ3) is 3.06. The average Bonchev–Trinajstić information content (AvgIpc) is 2.73. The van der Waals surface area contributed by atoms with Gasteiger partial charge in [0.2, 0.25) is 0 Å². The molecule has 2 fully saturated rings. The summed E-state index contributed by atoms with van der Waals surface area (Å²) in [6, 6.07) is 6.26. The summed E-state index contributed by atoms with van der Waals surface area (Å²) in [6.45, 7) is 7.59. The van der Waals surface area contributed by atoms with Gasteiger partial charge in [-0.15, -0.1) is 0 Å². The molecule has 4 nitrogen and oxygen atoms in total. The van der Waals surface area contributed by atoms with Gasteiger partial charge in [0.1, 0.15) is 0 Å². The SMILES string of the molecule is CCNC(C)c1ccc(N2CCC3CCC(C2)N3C)cn1. The van der Waals surface area contributed by atoms with Gasteiger partial charge in [0.25, 0.3) is 0 Å². The van der Waals surface area contributed by atoms with Crippen molar-refractivity contribution in [3.63, 3.8) is 0 Å². The highest BCUT2D eigenvalue weighted by atomic mass is 15.3. The van der Waals surface area contributed by atoms with Gasteiger partial charge in [-0.05, 0) is 51.9 Å². The number of fused-ring (bicyclic) bond motifs is 2. The Morgan fingerprint density at radius 3 is 2.81 bits per heavy atom. The fourth-order valence-electron chi connectivity index (χ4n) is 3.79.